The molecule has 1 heterocycles. The molecule has 2 aromatic rings. The number of hydrogen-bond acceptors (Lipinski definition) is 1. The summed E-state index contributed by atoms with van der Waals surface area (Å²) in [4.78, 5) is 0. The summed E-state index contributed by atoms with van der Waals surface area (Å²) in [6.45, 7) is 11.0. The van der Waals surface area contributed by atoms with Gasteiger partial charge in [-0.25, -0.2) is 0 Å². The summed E-state index contributed by atoms with van der Waals surface area (Å²) >= 11 is 0. The van der Waals surface area contributed by atoms with Gasteiger partial charge in [-0.1, -0.05) is 61.6 Å². The molecule has 0 aliphatic heterocycles. The van der Waals surface area contributed by atoms with Crippen LogP contribution in [0.25, 0.3) is 0 Å². The van der Waals surface area contributed by atoms with Gasteiger partial charge in [-0.05, 0) is 12.1 Å². The molecular weight excluding hydrogens is 236 g/mol. The first-order chi connectivity index (χ1) is 8.52. The second-order valence-corrected chi connectivity index (χ2v) is 10.2. The highest BCUT2D eigenvalue weighted by Crippen LogP contribution is 2.35. The van der Waals surface area contributed by atoms with E-state index >= 15 is 0 Å². The molecule has 0 saturated heterocycles. The highest BCUT2D eigenvalue weighted by atomic mass is 28.3. The first kappa shape index (κ1) is 12.9. The van der Waals surface area contributed by atoms with Crippen molar-refractivity contribution in [3.8, 4) is 0 Å². The molecule has 0 spiro atoms. The fourth-order valence-electron chi connectivity index (χ4n) is 2.39. The Kier molecular flexibility index (Phi) is 3.31. The standard InChI is InChI=1S/C16H20OSi/c1-5-16(2,15-12-9-13-17-15)18(3,4)14-10-7-6-8-11-14/h5-13H,1H2,2-4H3/t16-/m1/s1. The molecule has 1 nitrogen and oxygen atoms in total. The Morgan fingerprint density at radius 1 is 1.11 bits per heavy atom. The minimum absolute atomic E-state index is 0.0994. The number of benzene rings is 1. The maximum absolute atomic E-state index is 5.66. The lowest BCUT2D eigenvalue weighted by molar-refractivity contribution is 0.475. The maximum Gasteiger partial charge on any atom is 0.110 e. The van der Waals surface area contributed by atoms with E-state index in [-0.39, 0.29) is 5.04 Å². The van der Waals surface area contributed by atoms with Crippen LogP contribution >= 0.6 is 0 Å². The van der Waals surface area contributed by atoms with Crippen LogP contribution in [0.4, 0.5) is 0 Å². The van der Waals surface area contributed by atoms with Gasteiger partial charge in [0.05, 0.1) is 14.3 Å². The van der Waals surface area contributed by atoms with Crippen molar-refractivity contribution in [3.63, 3.8) is 0 Å². The van der Waals surface area contributed by atoms with Crippen LogP contribution in [0.1, 0.15) is 12.7 Å². The number of hydrogen-bond donors (Lipinski definition) is 0. The van der Waals surface area contributed by atoms with Gasteiger partial charge in [0.1, 0.15) is 5.76 Å². The molecule has 0 unspecified atom stereocenters. The molecule has 0 saturated carbocycles. The molecule has 0 bridgehead atoms. The summed E-state index contributed by atoms with van der Waals surface area (Å²) in [5, 5.41) is 1.32. The SMILES string of the molecule is C=C[C@](C)(c1ccco1)[Si](C)(C)c1ccccc1. The minimum atomic E-state index is -1.75. The second kappa shape index (κ2) is 4.62. The average Bonchev–Trinajstić information content (AvgIpc) is 2.93. The lowest BCUT2D eigenvalue weighted by Crippen LogP contribution is -2.57. The molecular formula is C16H20OSi. The second-order valence-electron chi connectivity index (χ2n) is 5.37. The van der Waals surface area contributed by atoms with Gasteiger partial charge >= 0.3 is 0 Å². The largest absolute Gasteiger partial charge is 0.469 e. The van der Waals surface area contributed by atoms with Crippen molar-refractivity contribution in [1.82, 2.24) is 0 Å². The Labute approximate surface area is 110 Å². The van der Waals surface area contributed by atoms with Crippen LogP contribution < -0.4 is 5.19 Å². The molecule has 0 radical (unpaired) electrons. The van der Waals surface area contributed by atoms with E-state index in [2.05, 4.69) is 63.0 Å². The van der Waals surface area contributed by atoms with Crippen molar-refractivity contribution >= 4 is 13.3 Å². The van der Waals surface area contributed by atoms with Gasteiger partial charge in [0.25, 0.3) is 0 Å². The third kappa shape index (κ3) is 1.87. The number of allylic oxidation sites excluding steroid dienone is 1. The Morgan fingerprint density at radius 3 is 2.28 bits per heavy atom. The molecule has 18 heavy (non-hydrogen) atoms. The summed E-state index contributed by atoms with van der Waals surface area (Å²) < 4.78 is 5.66. The summed E-state index contributed by atoms with van der Waals surface area (Å²) in [6.07, 6.45) is 3.79. The minimum Gasteiger partial charge on any atom is -0.469 e. The van der Waals surface area contributed by atoms with E-state index in [1.165, 1.54) is 5.19 Å². The van der Waals surface area contributed by atoms with E-state index in [9.17, 15) is 0 Å². The third-order valence-corrected chi connectivity index (χ3v) is 9.06. The summed E-state index contributed by atoms with van der Waals surface area (Å²) in [7, 11) is -1.75. The zero-order chi connectivity index (χ0) is 13.2. The molecule has 0 aliphatic rings. The maximum atomic E-state index is 5.66. The first-order valence-electron chi connectivity index (χ1n) is 6.25. The highest BCUT2D eigenvalue weighted by molar-refractivity contribution is 6.92. The van der Waals surface area contributed by atoms with Gasteiger partial charge in [-0.15, -0.1) is 6.58 Å². The van der Waals surface area contributed by atoms with Gasteiger partial charge in [0.2, 0.25) is 0 Å². The molecule has 0 N–H and O–H groups in total. The molecule has 1 atom stereocenters. The Hall–Kier alpha value is -1.54. The number of rotatable bonds is 4. The van der Waals surface area contributed by atoms with E-state index in [1.807, 2.05) is 12.1 Å². The van der Waals surface area contributed by atoms with Crippen LogP contribution in [0, 0.1) is 0 Å². The van der Waals surface area contributed by atoms with Gasteiger partial charge in [0, 0.05) is 5.04 Å². The molecule has 1 aromatic carbocycles. The molecule has 0 fully saturated rings. The third-order valence-electron chi connectivity index (χ3n) is 4.24. The molecule has 94 valence electrons. The highest BCUT2D eigenvalue weighted by Gasteiger charge is 2.45. The molecule has 0 amide bonds. The Morgan fingerprint density at radius 2 is 1.78 bits per heavy atom. The summed E-state index contributed by atoms with van der Waals surface area (Å²) in [5.41, 5.74) is 0. The van der Waals surface area contributed by atoms with Crippen molar-refractivity contribution in [2.45, 2.75) is 25.1 Å². The monoisotopic (exact) mass is 256 g/mol. The van der Waals surface area contributed by atoms with E-state index in [0.29, 0.717) is 0 Å². The van der Waals surface area contributed by atoms with Crippen LogP contribution in [0.2, 0.25) is 13.1 Å². The summed E-state index contributed by atoms with van der Waals surface area (Å²) in [5.74, 6) is 1.01. The number of furan rings is 1. The topological polar surface area (TPSA) is 13.1 Å². The van der Waals surface area contributed by atoms with Crippen molar-refractivity contribution in [3.05, 3.63) is 67.1 Å². The van der Waals surface area contributed by atoms with Crippen molar-refractivity contribution in [2.24, 2.45) is 0 Å². The molecule has 1 aromatic heterocycles. The van der Waals surface area contributed by atoms with Crippen LogP contribution in [-0.2, 0) is 5.04 Å². The lowest BCUT2D eigenvalue weighted by atomic mass is 10.1. The van der Waals surface area contributed by atoms with Gasteiger partial charge < -0.3 is 4.42 Å². The zero-order valence-electron chi connectivity index (χ0n) is 11.3. The van der Waals surface area contributed by atoms with Crippen molar-refractivity contribution in [2.75, 3.05) is 0 Å². The average molecular weight is 256 g/mol. The quantitative estimate of drug-likeness (QED) is 0.598. The normalized spacial score (nSPS) is 15.1. The Balaban J connectivity index is 2.54. The molecule has 2 rings (SSSR count). The van der Waals surface area contributed by atoms with Gasteiger partial charge in [0.15, 0.2) is 0 Å². The van der Waals surface area contributed by atoms with Crippen LogP contribution in [0.5, 0.6) is 0 Å². The smallest absolute Gasteiger partial charge is 0.110 e. The van der Waals surface area contributed by atoms with Crippen molar-refractivity contribution in [1.29, 1.82) is 0 Å². The predicted molar refractivity (Wildman–Crippen MR) is 79.8 cm³/mol. The van der Waals surface area contributed by atoms with E-state index in [1.54, 1.807) is 6.26 Å². The molecule has 2 heteroatoms. The predicted octanol–water partition coefficient (Wildman–Crippen LogP) is 3.88. The van der Waals surface area contributed by atoms with E-state index < -0.39 is 8.07 Å². The zero-order valence-corrected chi connectivity index (χ0v) is 12.3. The van der Waals surface area contributed by atoms with E-state index in [0.717, 1.165) is 5.76 Å². The van der Waals surface area contributed by atoms with Gasteiger partial charge in [-0.3, -0.25) is 0 Å². The lowest BCUT2D eigenvalue weighted by Gasteiger charge is -2.39. The molecule has 0 aliphatic carbocycles. The van der Waals surface area contributed by atoms with Crippen LogP contribution in [0.15, 0.2) is 65.8 Å². The summed E-state index contributed by atoms with van der Waals surface area (Å²) in [6, 6.07) is 14.7. The Bertz CT molecular complexity index is 513. The van der Waals surface area contributed by atoms with Crippen LogP contribution in [0.3, 0.4) is 0 Å². The van der Waals surface area contributed by atoms with E-state index in [4.69, 9.17) is 4.42 Å². The fourth-order valence-corrected chi connectivity index (χ4v) is 5.29. The fraction of sp³-hybridized carbons (Fsp3) is 0.250. The first-order valence-corrected chi connectivity index (χ1v) is 9.25. The van der Waals surface area contributed by atoms with Gasteiger partial charge in [-0.2, -0.15) is 0 Å². The van der Waals surface area contributed by atoms with Crippen molar-refractivity contribution < 1.29 is 4.42 Å². The van der Waals surface area contributed by atoms with Crippen LogP contribution in [-0.4, -0.2) is 8.07 Å².